The number of nitrogens with zero attached hydrogens (tertiary/aromatic N) is 1. The predicted octanol–water partition coefficient (Wildman–Crippen LogP) is 3.91. The van der Waals surface area contributed by atoms with Crippen molar-refractivity contribution in [3.05, 3.63) is 35.9 Å². The standard InChI is InChI=1S/C16H24N2/c1-3-16(4-2)10-12-18(13-11-16)15(17)14-8-6-5-7-9-14/h5-9,17H,3-4,10-13H2,1-2H3. The number of likely N-dealkylation sites (tertiary alicyclic amines) is 1. The summed E-state index contributed by atoms with van der Waals surface area (Å²) in [7, 11) is 0. The minimum atomic E-state index is 0.535. The van der Waals surface area contributed by atoms with E-state index in [-0.39, 0.29) is 0 Å². The van der Waals surface area contributed by atoms with E-state index >= 15 is 0 Å². The van der Waals surface area contributed by atoms with Crippen LogP contribution in [0.4, 0.5) is 0 Å². The number of nitrogens with one attached hydrogen (secondary N) is 1. The molecule has 2 nitrogen and oxygen atoms in total. The average Bonchev–Trinajstić information content (AvgIpc) is 2.47. The van der Waals surface area contributed by atoms with Crippen LogP contribution < -0.4 is 0 Å². The zero-order chi connectivity index (χ0) is 13.0. The quantitative estimate of drug-likeness (QED) is 0.633. The highest BCUT2D eigenvalue weighted by molar-refractivity contribution is 5.96. The van der Waals surface area contributed by atoms with Crippen molar-refractivity contribution < 1.29 is 0 Å². The van der Waals surface area contributed by atoms with Gasteiger partial charge in [-0.3, -0.25) is 5.41 Å². The van der Waals surface area contributed by atoms with Gasteiger partial charge in [0.05, 0.1) is 0 Å². The fourth-order valence-corrected chi connectivity index (χ4v) is 2.94. The Kier molecular flexibility index (Phi) is 4.05. The largest absolute Gasteiger partial charge is 0.357 e. The molecular formula is C16H24N2. The van der Waals surface area contributed by atoms with Crippen LogP contribution >= 0.6 is 0 Å². The second-order valence-electron chi connectivity index (χ2n) is 5.41. The molecule has 1 saturated heterocycles. The minimum Gasteiger partial charge on any atom is -0.357 e. The Labute approximate surface area is 111 Å². The molecule has 1 heterocycles. The molecule has 18 heavy (non-hydrogen) atoms. The van der Waals surface area contributed by atoms with Crippen LogP contribution in [0.2, 0.25) is 0 Å². The van der Waals surface area contributed by atoms with Gasteiger partial charge in [-0.1, -0.05) is 57.0 Å². The minimum absolute atomic E-state index is 0.535. The van der Waals surface area contributed by atoms with Gasteiger partial charge in [0.25, 0.3) is 0 Å². The molecule has 1 aromatic carbocycles. The van der Waals surface area contributed by atoms with Crippen molar-refractivity contribution in [3.8, 4) is 0 Å². The molecule has 2 rings (SSSR count). The highest BCUT2D eigenvalue weighted by Gasteiger charge is 2.32. The summed E-state index contributed by atoms with van der Waals surface area (Å²) in [5.74, 6) is 0.691. The molecule has 1 aliphatic rings. The van der Waals surface area contributed by atoms with E-state index in [1.54, 1.807) is 0 Å². The Morgan fingerprint density at radius 3 is 2.17 bits per heavy atom. The number of hydrogen-bond donors (Lipinski definition) is 1. The zero-order valence-corrected chi connectivity index (χ0v) is 11.6. The second kappa shape index (κ2) is 5.55. The fraction of sp³-hybridized carbons (Fsp3) is 0.562. The van der Waals surface area contributed by atoms with Gasteiger partial charge in [-0.05, 0) is 18.3 Å². The number of piperidine rings is 1. The van der Waals surface area contributed by atoms with Gasteiger partial charge in [0, 0.05) is 18.7 Å². The lowest BCUT2D eigenvalue weighted by Gasteiger charge is -2.42. The molecule has 0 atom stereocenters. The van der Waals surface area contributed by atoms with Crippen molar-refractivity contribution in [3.63, 3.8) is 0 Å². The van der Waals surface area contributed by atoms with Crippen molar-refractivity contribution in [2.24, 2.45) is 5.41 Å². The SMILES string of the molecule is CCC1(CC)CCN(C(=N)c2ccccc2)CC1. The van der Waals surface area contributed by atoms with Crippen LogP contribution in [-0.4, -0.2) is 23.8 Å². The summed E-state index contributed by atoms with van der Waals surface area (Å²) >= 11 is 0. The van der Waals surface area contributed by atoms with Crippen molar-refractivity contribution in [2.75, 3.05) is 13.1 Å². The molecule has 0 bridgehead atoms. The van der Waals surface area contributed by atoms with E-state index in [4.69, 9.17) is 5.41 Å². The molecule has 1 N–H and O–H groups in total. The van der Waals surface area contributed by atoms with Crippen LogP contribution in [0.15, 0.2) is 30.3 Å². The molecular weight excluding hydrogens is 220 g/mol. The van der Waals surface area contributed by atoms with Gasteiger partial charge in [0.1, 0.15) is 5.84 Å². The first-order chi connectivity index (χ1) is 8.71. The lowest BCUT2D eigenvalue weighted by atomic mass is 9.74. The van der Waals surface area contributed by atoms with Crippen LogP contribution in [-0.2, 0) is 0 Å². The Balaban J connectivity index is 2.00. The number of amidine groups is 1. The molecule has 0 unspecified atom stereocenters. The van der Waals surface area contributed by atoms with Gasteiger partial charge in [-0.25, -0.2) is 0 Å². The summed E-state index contributed by atoms with van der Waals surface area (Å²) in [6.45, 7) is 6.69. The lowest BCUT2D eigenvalue weighted by Crippen LogP contribution is -2.42. The van der Waals surface area contributed by atoms with E-state index in [0.29, 0.717) is 11.3 Å². The van der Waals surface area contributed by atoms with Crippen molar-refractivity contribution in [1.29, 1.82) is 5.41 Å². The summed E-state index contributed by atoms with van der Waals surface area (Å²) in [4.78, 5) is 2.24. The fourth-order valence-electron chi connectivity index (χ4n) is 2.94. The molecule has 2 heteroatoms. The molecule has 0 spiro atoms. The summed E-state index contributed by atoms with van der Waals surface area (Å²) in [5, 5.41) is 8.29. The molecule has 0 amide bonds. The predicted molar refractivity (Wildman–Crippen MR) is 77.1 cm³/mol. The average molecular weight is 244 g/mol. The van der Waals surface area contributed by atoms with E-state index in [2.05, 4.69) is 18.7 Å². The normalized spacial score (nSPS) is 18.7. The first-order valence-corrected chi connectivity index (χ1v) is 7.10. The Morgan fingerprint density at radius 1 is 1.11 bits per heavy atom. The van der Waals surface area contributed by atoms with Crippen LogP contribution in [0.3, 0.4) is 0 Å². The van der Waals surface area contributed by atoms with Gasteiger partial charge in [-0.15, -0.1) is 0 Å². The Hall–Kier alpha value is -1.31. The van der Waals surface area contributed by atoms with Gasteiger partial charge in [-0.2, -0.15) is 0 Å². The number of rotatable bonds is 3. The Bertz CT molecular complexity index is 383. The van der Waals surface area contributed by atoms with Crippen molar-refractivity contribution in [2.45, 2.75) is 39.5 Å². The molecule has 1 aromatic rings. The maximum Gasteiger partial charge on any atom is 0.128 e. The van der Waals surface area contributed by atoms with Crippen LogP contribution in [0.1, 0.15) is 45.1 Å². The smallest absolute Gasteiger partial charge is 0.128 e. The van der Waals surface area contributed by atoms with Gasteiger partial charge in [0.2, 0.25) is 0 Å². The molecule has 1 fully saturated rings. The van der Waals surface area contributed by atoms with Crippen molar-refractivity contribution in [1.82, 2.24) is 4.90 Å². The molecule has 0 radical (unpaired) electrons. The number of hydrogen-bond acceptors (Lipinski definition) is 1. The molecule has 0 aromatic heterocycles. The Morgan fingerprint density at radius 2 is 1.67 bits per heavy atom. The van der Waals surface area contributed by atoms with Crippen LogP contribution in [0.5, 0.6) is 0 Å². The molecule has 98 valence electrons. The second-order valence-corrected chi connectivity index (χ2v) is 5.41. The summed E-state index contributed by atoms with van der Waals surface area (Å²) in [6, 6.07) is 10.1. The first kappa shape index (κ1) is 13.1. The maximum atomic E-state index is 8.29. The van der Waals surface area contributed by atoms with E-state index in [9.17, 15) is 0 Å². The lowest BCUT2D eigenvalue weighted by molar-refractivity contribution is 0.136. The van der Waals surface area contributed by atoms with E-state index in [1.165, 1.54) is 25.7 Å². The highest BCUT2D eigenvalue weighted by Crippen LogP contribution is 2.38. The summed E-state index contributed by atoms with van der Waals surface area (Å²) < 4.78 is 0. The summed E-state index contributed by atoms with van der Waals surface area (Å²) in [5.41, 5.74) is 1.57. The number of benzene rings is 1. The van der Waals surface area contributed by atoms with Crippen LogP contribution in [0.25, 0.3) is 0 Å². The van der Waals surface area contributed by atoms with Crippen LogP contribution in [0, 0.1) is 10.8 Å². The summed E-state index contributed by atoms with van der Waals surface area (Å²) in [6.07, 6.45) is 5.01. The third-order valence-corrected chi connectivity index (χ3v) is 4.69. The topological polar surface area (TPSA) is 27.1 Å². The zero-order valence-electron chi connectivity index (χ0n) is 11.6. The first-order valence-electron chi connectivity index (χ1n) is 7.10. The molecule has 1 aliphatic heterocycles. The van der Waals surface area contributed by atoms with Crippen molar-refractivity contribution >= 4 is 5.84 Å². The van der Waals surface area contributed by atoms with Gasteiger partial charge >= 0.3 is 0 Å². The van der Waals surface area contributed by atoms with E-state index in [0.717, 1.165) is 18.7 Å². The molecule has 0 aliphatic carbocycles. The van der Waals surface area contributed by atoms with E-state index < -0.39 is 0 Å². The highest BCUT2D eigenvalue weighted by atomic mass is 15.2. The maximum absolute atomic E-state index is 8.29. The van der Waals surface area contributed by atoms with Gasteiger partial charge < -0.3 is 4.90 Å². The van der Waals surface area contributed by atoms with E-state index in [1.807, 2.05) is 30.3 Å². The molecule has 0 saturated carbocycles. The third-order valence-electron chi connectivity index (χ3n) is 4.69. The monoisotopic (exact) mass is 244 g/mol. The van der Waals surface area contributed by atoms with Gasteiger partial charge in [0.15, 0.2) is 0 Å². The third kappa shape index (κ3) is 2.58.